The van der Waals surface area contributed by atoms with Gasteiger partial charge >= 0.3 is 0 Å². The molecule has 2 fully saturated rings. The number of anilines is 2. The van der Waals surface area contributed by atoms with Gasteiger partial charge in [0.05, 0.1) is 0 Å². The van der Waals surface area contributed by atoms with Crippen LogP contribution in [-0.4, -0.2) is 62.7 Å². The van der Waals surface area contributed by atoms with Crippen molar-refractivity contribution in [2.45, 2.75) is 25.3 Å². The van der Waals surface area contributed by atoms with Crippen LogP contribution in [0.5, 0.6) is 0 Å². The van der Waals surface area contributed by atoms with Crippen LogP contribution < -0.4 is 10.2 Å². The van der Waals surface area contributed by atoms with E-state index in [1.807, 2.05) is 12.4 Å². The number of nitrogens with zero attached hydrogens (tertiary/aromatic N) is 7. The van der Waals surface area contributed by atoms with Crippen molar-refractivity contribution >= 4 is 17.3 Å². The molecule has 8 heteroatoms. The van der Waals surface area contributed by atoms with Crippen LogP contribution in [0.15, 0.2) is 30.7 Å². The Bertz CT molecular complexity index is 923. The van der Waals surface area contributed by atoms with E-state index in [0.717, 1.165) is 54.8 Å². The molecule has 0 amide bonds. The van der Waals surface area contributed by atoms with Crippen LogP contribution >= 0.6 is 0 Å². The summed E-state index contributed by atoms with van der Waals surface area (Å²) in [5.41, 5.74) is 1.92. The van der Waals surface area contributed by atoms with E-state index in [-0.39, 0.29) is 0 Å². The Kier molecular flexibility index (Phi) is 4.12. The van der Waals surface area contributed by atoms with Crippen molar-refractivity contribution in [2.75, 3.05) is 43.4 Å². The van der Waals surface area contributed by atoms with Crippen molar-refractivity contribution < 1.29 is 0 Å². The van der Waals surface area contributed by atoms with Gasteiger partial charge in [-0.3, -0.25) is 4.40 Å². The maximum atomic E-state index is 4.65. The van der Waals surface area contributed by atoms with Gasteiger partial charge in [0.2, 0.25) is 5.65 Å². The number of nitrogens with one attached hydrogen (secondary N) is 1. The molecule has 27 heavy (non-hydrogen) atoms. The zero-order valence-electron chi connectivity index (χ0n) is 15.5. The molecule has 1 saturated carbocycles. The van der Waals surface area contributed by atoms with Gasteiger partial charge in [-0.05, 0) is 31.5 Å². The minimum atomic E-state index is 0.557. The Morgan fingerprint density at radius 1 is 1.07 bits per heavy atom. The summed E-state index contributed by atoms with van der Waals surface area (Å²) in [5.74, 6) is 3.42. The third-order valence-corrected chi connectivity index (χ3v) is 5.39. The second-order valence-electron chi connectivity index (χ2n) is 7.47. The molecular formula is C19H24N8. The lowest BCUT2D eigenvalue weighted by molar-refractivity contribution is 0.312. The maximum absolute atomic E-state index is 4.65. The third-order valence-electron chi connectivity index (χ3n) is 5.39. The molecule has 0 spiro atoms. The van der Waals surface area contributed by atoms with Crippen LogP contribution in [0.2, 0.25) is 0 Å². The van der Waals surface area contributed by atoms with Crippen molar-refractivity contribution in [3.63, 3.8) is 0 Å². The van der Waals surface area contributed by atoms with E-state index in [1.165, 1.54) is 12.8 Å². The first-order valence-corrected chi connectivity index (χ1v) is 9.60. The summed E-state index contributed by atoms with van der Waals surface area (Å²) in [6.45, 7) is 4.89. The van der Waals surface area contributed by atoms with Gasteiger partial charge in [0.1, 0.15) is 11.6 Å². The van der Waals surface area contributed by atoms with Gasteiger partial charge in [-0.2, -0.15) is 0 Å². The number of hydrogen-bond donors (Lipinski definition) is 1. The second kappa shape index (κ2) is 6.77. The third kappa shape index (κ3) is 3.32. The summed E-state index contributed by atoms with van der Waals surface area (Å²) in [6.07, 6.45) is 8.11. The average molecular weight is 364 g/mol. The Labute approximate surface area is 158 Å². The van der Waals surface area contributed by atoms with Gasteiger partial charge in [0.25, 0.3) is 0 Å². The highest BCUT2D eigenvalue weighted by atomic mass is 15.3. The molecular weight excluding hydrogens is 340 g/mol. The number of likely N-dealkylation sites (N-methyl/N-ethyl adjacent to an activating group) is 1. The SMILES string of the molecule is CN1CCN(c2ccc(CNc3nccn4c(C5CC5)nnc34)cn2)CC1. The molecule has 0 atom stereocenters. The Morgan fingerprint density at radius 2 is 1.93 bits per heavy atom. The van der Waals surface area contributed by atoms with Crippen molar-refractivity contribution in [3.8, 4) is 0 Å². The highest BCUT2D eigenvalue weighted by Crippen LogP contribution is 2.39. The van der Waals surface area contributed by atoms with E-state index in [1.54, 1.807) is 6.20 Å². The normalized spacial score (nSPS) is 18.2. The molecule has 5 rings (SSSR count). The topological polar surface area (TPSA) is 74.5 Å². The molecule has 3 aromatic rings. The van der Waals surface area contributed by atoms with E-state index in [9.17, 15) is 0 Å². The van der Waals surface area contributed by atoms with E-state index in [0.29, 0.717) is 12.5 Å². The molecule has 1 aliphatic heterocycles. The first-order valence-electron chi connectivity index (χ1n) is 9.60. The minimum absolute atomic E-state index is 0.557. The molecule has 8 nitrogen and oxygen atoms in total. The molecule has 4 heterocycles. The lowest BCUT2D eigenvalue weighted by Gasteiger charge is -2.33. The molecule has 0 radical (unpaired) electrons. The van der Waals surface area contributed by atoms with Crippen LogP contribution in [0, 0.1) is 0 Å². The predicted octanol–water partition coefficient (Wildman–Crippen LogP) is 1.76. The van der Waals surface area contributed by atoms with E-state index < -0.39 is 0 Å². The van der Waals surface area contributed by atoms with Crippen LogP contribution in [-0.2, 0) is 6.54 Å². The molecule has 1 aliphatic carbocycles. The van der Waals surface area contributed by atoms with Crippen LogP contribution in [0.1, 0.15) is 30.1 Å². The standard InChI is InChI=1S/C19H24N8/c1-25-8-10-26(11-9-25)16-5-2-14(12-21-16)13-22-17-19-24-23-18(15-3-4-15)27(19)7-6-20-17/h2,5-7,12,15H,3-4,8-11,13H2,1H3,(H,20,22). The quantitative estimate of drug-likeness (QED) is 0.739. The molecule has 2 aliphatic rings. The first kappa shape index (κ1) is 16.4. The van der Waals surface area contributed by atoms with Crippen LogP contribution in [0.3, 0.4) is 0 Å². The highest BCUT2D eigenvalue weighted by Gasteiger charge is 2.29. The summed E-state index contributed by atoms with van der Waals surface area (Å²) in [6, 6.07) is 4.24. The maximum Gasteiger partial charge on any atom is 0.203 e. The fourth-order valence-electron chi connectivity index (χ4n) is 3.52. The number of fused-ring (bicyclic) bond motifs is 1. The van der Waals surface area contributed by atoms with E-state index >= 15 is 0 Å². The number of hydrogen-bond acceptors (Lipinski definition) is 7. The minimum Gasteiger partial charge on any atom is -0.363 e. The number of pyridine rings is 1. The molecule has 0 bridgehead atoms. The Hall–Kier alpha value is -2.74. The zero-order valence-corrected chi connectivity index (χ0v) is 15.5. The van der Waals surface area contributed by atoms with Crippen molar-refractivity contribution in [2.24, 2.45) is 0 Å². The smallest absolute Gasteiger partial charge is 0.203 e. The lowest BCUT2D eigenvalue weighted by atomic mass is 10.2. The molecule has 0 unspecified atom stereocenters. The molecule has 3 aromatic heterocycles. The molecule has 140 valence electrons. The zero-order chi connectivity index (χ0) is 18.2. The van der Waals surface area contributed by atoms with E-state index in [2.05, 4.69) is 58.9 Å². The second-order valence-corrected chi connectivity index (χ2v) is 7.47. The summed E-state index contributed by atoms with van der Waals surface area (Å²) < 4.78 is 2.06. The summed E-state index contributed by atoms with van der Waals surface area (Å²) in [5, 5.41) is 12.1. The summed E-state index contributed by atoms with van der Waals surface area (Å²) >= 11 is 0. The monoisotopic (exact) mass is 364 g/mol. The van der Waals surface area contributed by atoms with Gasteiger partial charge in [-0.15, -0.1) is 10.2 Å². The van der Waals surface area contributed by atoms with Gasteiger partial charge in [-0.1, -0.05) is 6.07 Å². The van der Waals surface area contributed by atoms with E-state index in [4.69, 9.17) is 0 Å². The van der Waals surface area contributed by atoms with Gasteiger partial charge in [0, 0.05) is 57.2 Å². The number of aromatic nitrogens is 5. The predicted molar refractivity (Wildman–Crippen MR) is 104 cm³/mol. The van der Waals surface area contributed by atoms with Crippen LogP contribution in [0.4, 0.5) is 11.6 Å². The average Bonchev–Trinajstić information content (AvgIpc) is 3.46. The summed E-state index contributed by atoms with van der Waals surface area (Å²) in [4.78, 5) is 13.8. The Balaban J connectivity index is 1.27. The molecule has 1 saturated heterocycles. The lowest BCUT2D eigenvalue weighted by Crippen LogP contribution is -2.44. The summed E-state index contributed by atoms with van der Waals surface area (Å²) in [7, 11) is 2.16. The molecule has 1 N–H and O–H groups in total. The van der Waals surface area contributed by atoms with Crippen molar-refractivity contribution in [1.82, 2.24) is 29.5 Å². The van der Waals surface area contributed by atoms with Gasteiger partial charge in [-0.25, -0.2) is 9.97 Å². The number of rotatable bonds is 5. The highest BCUT2D eigenvalue weighted by molar-refractivity contribution is 5.62. The fourth-order valence-corrected chi connectivity index (χ4v) is 3.52. The fraction of sp³-hybridized carbons (Fsp3) is 0.474. The van der Waals surface area contributed by atoms with Crippen molar-refractivity contribution in [3.05, 3.63) is 42.1 Å². The first-order chi connectivity index (χ1) is 13.3. The Morgan fingerprint density at radius 3 is 2.67 bits per heavy atom. The van der Waals surface area contributed by atoms with Crippen LogP contribution in [0.25, 0.3) is 5.65 Å². The number of piperazine rings is 1. The van der Waals surface area contributed by atoms with Gasteiger partial charge < -0.3 is 15.1 Å². The van der Waals surface area contributed by atoms with Gasteiger partial charge in [0.15, 0.2) is 5.82 Å². The largest absolute Gasteiger partial charge is 0.363 e. The molecule has 0 aromatic carbocycles. The van der Waals surface area contributed by atoms with Crippen molar-refractivity contribution in [1.29, 1.82) is 0 Å².